The van der Waals surface area contributed by atoms with Crippen molar-refractivity contribution in [3.05, 3.63) is 71.5 Å². The third kappa shape index (κ3) is 6.02. The number of carboxylic acid groups (broad SMARTS) is 1. The van der Waals surface area contributed by atoms with Crippen molar-refractivity contribution in [3.63, 3.8) is 0 Å². The van der Waals surface area contributed by atoms with Gasteiger partial charge in [0.05, 0.1) is 19.3 Å². The lowest BCUT2D eigenvalue weighted by Crippen LogP contribution is -2.29. The molecule has 1 aromatic heterocycles. The number of imidazole rings is 1. The van der Waals surface area contributed by atoms with Gasteiger partial charge in [-0.15, -0.1) is 0 Å². The first kappa shape index (κ1) is 25.0. The summed E-state index contributed by atoms with van der Waals surface area (Å²) in [6, 6.07) is 14.7. The number of nitrogens with zero attached hydrogens (tertiary/aromatic N) is 2. The Kier molecular flexibility index (Phi) is 8.07. The molecule has 0 saturated carbocycles. The maximum atomic E-state index is 13.0. The van der Waals surface area contributed by atoms with Crippen molar-refractivity contribution in [2.45, 2.75) is 45.4 Å². The van der Waals surface area contributed by atoms with Gasteiger partial charge in [-0.2, -0.15) is 0 Å². The van der Waals surface area contributed by atoms with E-state index in [0.717, 1.165) is 16.7 Å². The van der Waals surface area contributed by atoms with Crippen LogP contribution in [0.5, 0.6) is 5.75 Å². The molecule has 3 rings (SSSR count). The van der Waals surface area contributed by atoms with Crippen LogP contribution in [0.4, 0.5) is 0 Å². The predicted octanol–water partition coefficient (Wildman–Crippen LogP) is 4.01. The number of hydrogen-bond acceptors (Lipinski definition) is 5. The molecule has 0 aliphatic rings. The van der Waals surface area contributed by atoms with E-state index in [1.807, 2.05) is 54.9 Å². The highest BCUT2D eigenvalue weighted by molar-refractivity contribution is 5.93. The lowest BCUT2D eigenvalue weighted by atomic mass is 10.00. The maximum Gasteiger partial charge on any atom is 0.333 e. The summed E-state index contributed by atoms with van der Waals surface area (Å²) < 4.78 is 12.8. The van der Waals surface area contributed by atoms with Crippen molar-refractivity contribution in [2.24, 2.45) is 7.05 Å². The van der Waals surface area contributed by atoms with E-state index < -0.39 is 18.1 Å². The molecule has 0 bridgehead atoms. The highest BCUT2D eigenvalue weighted by Crippen LogP contribution is 2.28. The Morgan fingerprint density at radius 2 is 1.82 bits per heavy atom. The molecule has 8 nitrogen and oxygen atoms in total. The van der Waals surface area contributed by atoms with Crippen molar-refractivity contribution in [1.82, 2.24) is 14.9 Å². The van der Waals surface area contributed by atoms with Crippen LogP contribution in [0.3, 0.4) is 0 Å². The average Bonchev–Trinajstić information content (AvgIpc) is 3.20. The van der Waals surface area contributed by atoms with E-state index in [2.05, 4.69) is 10.3 Å². The molecule has 2 unspecified atom stereocenters. The molecule has 1 amide bonds. The fourth-order valence-electron chi connectivity index (χ4n) is 3.76. The summed E-state index contributed by atoms with van der Waals surface area (Å²) in [4.78, 5) is 29.1. The van der Waals surface area contributed by atoms with Gasteiger partial charge >= 0.3 is 5.97 Å². The molecule has 0 saturated heterocycles. The SMILES string of the molecule is COc1ccc(CC(OC(C)C)C(=O)O)cc1C(C)NC(=O)c1cn(C)c(-c2ccccc2)n1. The third-order valence-electron chi connectivity index (χ3n) is 5.38. The zero-order valence-corrected chi connectivity index (χ0v) is 20.1. The summed E-state index contributed by atoms with van der Waals surface area (Å²) in [6.45, 7) is 5.45. The zero-order valence-electron chi connectivity index (χ0n) is 20.1. The molecule has 2 N–H and O–H groups in total. The monoisotopic (exact) mass is 465 g/mol. The number of ether oxygens (including phenoxy) is 2. The molecule has 2 atom stereocenters. The Bertz CT molecular complexity index is 1140. The van der Waals surface area contributed by atoms with E-state index in [1.54, 1.807) is 39.3 Å². The van der Waals surface area contributed by atoms with Gasteiger partial charge in [0.1, 0.15) is 17.3 Å². The number of carbonyl (C=O) groups excluding carboxylic acids is 1. The highest BCUT2D eigenvalue weighted by Gasteiger charge is 2.23. The van der Waals surface area contributed by atoms with Gasteiger partial charge in [0, 0.05) is 30.8 Å². The van der Waals surface area contributed by atoms with Gasteiger partial charge in [-0.1, -0.05) is 36.4 Å². The van der Waals surface area contributed by atoms with Crippen LogP contribution >= 0.6 is 0 Å². The molecule has 0 aliphatic carbocycles. The summed E-state index contributed by atoms with van der Waals surface area (Å²) in [5.74, 6) is -0.0388. The van der Waals surface area contributed by atoms with Crippen LogP contribution in [0.15, 0.2) is 54.7 Å². The first-order valence-corrected chi connectivity index (χ1v) is 11.1. The minimum absolute atomic E-state index is 0.200. The van der Waals surface area contributed by atoms with Crippen LogP contribution in [0.1, 0.15) is 48.4 Å². The Hall–Kier alpha value is -3.65. The van der Waals surface area contributed by atoms with Gasteiger partial charge in [-0.3, -0.25) is 4.79 Å². The van der Waals surface area contributed by atoms with Crippen molar-refractivity contribution >= 4 is 11.9 Å². The van der Waals surface area contributed by atoms with Gasteiger partial charge in [0.2, 0.25) is 0 Å². The van der Waals surface area contributed by atoms with Gasteiger partial charge in [0.15, 0.2) is 6.10 Å². The molecular formula is C26H31N3O5. The van der Waals surface area contributed by atoms with Crippen molar-refractivity contribution < 1.29 is 24.2 Å². The fraction of sp³-hybridized carbons (Fsp3) is 0.346. The summed E-state index contributed by atoms with van der Waals surface area (Å²) in [7, 11) is 3.40. The van der Waals surface area contributed by atoms with E-state index in [-0.39, 0.29) is 18.4 Å². The van der Waals surface area contributed by atoms with Crippen LogP contribution in [-0.4, -0.2) is 45.9 Å². The largest absolute Gasteiger partial charge is 0.496 e. The lowest BCUT2D eigenvalue weighted by Gasteiger charge is -2.20. The molecular weight excluding hydrogens is 434 g/mol. The third-order valence-corrected chi connectivity index (χ3v) is 5.38. The number of nitrogens with one attached hydrogen (secondary N) is 1. The Morgan fingerprint density at radius 1 is 1.12 bits per heavy atom. The predicted molar refractivity (Wildman–Crippen MR) is 129 cm³/mol. The Morgan fingerprint density at radius 3 is 2.44 bits per heavy atom. The average molecular weight is 466 g/mol. The number of benzene rings is 2. The molecule has 1 heterocycles. The number of aromatic nitrogens is 2. The van der Waals surface area contributed by atoms with E-state index in [0.29, 0.717) is 17.3 Å². The zero-order chi connectivity index (χ0) is 24.8. The molecule has 2 aromatic carbocycles. The Labute approximate surface area is 199 Å². The number of methoxy groups -OCH3 is 1. The number of aliphatic carboxylic acids is 1. The quantitative estimate of drug-likeness (QED) is 0.469. The standard InChI is InChI=1S/C26H31N3O5/c1-16(2)34-23(26(31)32)14-18-11-12-22(33-5)20(13-18)17(3)27-25(30)21-15-29(4)24(28-21)19-9-7-6-8-10-19/h6-13,15-17,23H,14H2,1-5H3,(H,27,30)(H,31,32). The first-order chi connectivity index (χ1) is 16.2. The summed E-state index contributed by atoms with van der Waals surface area (Å²) in [6.07, 6.45) is 0.720. The highest BCUT2D eigenvalue weighted by atomic mass is 16.5. The number of aryl methyl sites for hydroxylation is 1. The summed E-state index contributed by atoms with van der Waals surface area (Å²) in [5.41, 5.74) is 2.73. The molecule has 3 aromatic rings. The van der Waals surface area contributed by atoms with E-state index in [4.69, 9.17) is 9.47 Å². The molecule has 0 spiro atoms. The first-order valence-electron chi connectivity index (χ1n) is 11.1. The molecule has 0 radical (unpaired) electrons. The number of carbonyl (C=O) groups is 2. The fourth-order valence-corrected chi connectivity index (χ4v) is 3.76. The van der Waals surface area contributed by atoms with Crippen molar-refractivity contribution in [1.29, 1.82) is 0 Å². The van der Waals surface area contributed by atoms with Gasteiger partial charge in [-0.25, -0.2) is 9.78 Å². The van der Waals surface area contributed by atoms with Crippen molar-refractivity contribution in [3.8, 4) is 17.1 Å². The van der Waals surface area contributed by atoms with Gasteiger partial charge in [0.25, 0.3) is 5.91 Å². The number of rotatable bonds is 10. The Balaban J connectivity index is 1.80. The minimum atomic E-state index is -1.02. The summed E-state index contributed by atoms with van der Waals surface area (Å²) >= 11 is 0. The number of carboxylic acids is 1. The number of amides is 1. The van der Waals surface area contributed by atoms with E-state index in [9.17, 15) is 14.7 Å². The second-order valence-corrected chi connectivity index (χ2v) is 8.41. The molecule has 180 valence electrons. The van der Waals surface area contributed by atoms with Crippen LogP contribution in [0, 0.1) is 0 Å². The van der Waals surface area contributed by atoms with Gasteiger partial charge in [-0.05, 0) is 38.5 Å². The molecule has 8 heteroatoms. The van der Waals surface area contributed by atoms with E-state index in [1.165, 1.54) is 0 Å². The molecule has 34 heavy (non-hydrogen) atoms. The summed E-state index contributed by atoms with van der Waals surface area (Å²) in [5, 5.41) is 12.5. The molecule has 0 fully saturated rings. The second-order valence-electron chi connectivity index (χ2n) is 8.41. The smallest absolute Gasteiger partial charge is 0.333 e. The maximum absolute atomic E-state index is 13.0. The van der Waals surface area contributed by atoms with Crippen LogP contribution in [-0.2, 0) is 23.0 Å². The second kappa shape index (κ2) is 11.0. The van der Waals surface area contributed by atoms with E-state index >= 15 is 0 Å². The van der Waals surface area contributed by atoms with Gasteiger partial charge < -0.3 is 24.5 Å². The van der Waals surface area contributed by atoms with Crippen LogP contribution < -0.4 is 10.1 Å². The topological polar surface area (TPSA) is 103 Å². The lowest BCUT2D eigenvalue weighted by molar-refractivity contribution is -0.153. The normalized spacial score (nSPS) is 12.9. The minimum Gasteiger partial charge on any atom is -0.496 e. The molecule has 0 aliphatic heterocycles. The number of hydrogen-bond donors (Lipinski definition) is 2. The van der Waals surface area contributed by atoms with Crippen molar-refractivity contribution in [2.75, 3.05) is 7.11 Å². The van der Waals surface area contributed by atoms with Crippen LogP contribution in [0.25, 0.3) is 11.4 Å². The van der Waals surface area contributed by atoms with Crippen LogP contribution in [0.2, 0.25) is 0 Å².